The van der Waals surface area contributed by atoms with Crippen molar-refractivity contribution >= 4 is 23.5 Å². The van der Waals surface area contributed by atoms with Crippen molar-refractivity contribution in [3.8, 4) is 6.07 Å². The van der Waals surface area contributed by atoms with Crippen molar-refractivity contribution in [2.75, 3.05) is 11.5 Å². The number of amides is 1. The second kappa shape index (κ2) is 10.0. The zero-order valence-corrected chi connectivity index (χ0v) is 13.9. The molecule has 0 saturated heterocycles. The van der Waals surface area contributed by atoms with Crippen molar-refractivity contribution in [1.82, 2.24) is 15.3 Å². The first-order chi connectivity index (χ1) is 10.6. The molecular formula is C15H23N5OS. The van der Waals surface area contributed by atoms with Crippen LogP contribution >= 0.6 is 11.8 Å². The first kappa shape index (κ1) is 18.2. The number of unbranched alkanes of at least 4 members (excludes halogenated alkanes) is 3. The topological polar surface area (TPSA) is 105 Å². The summed E-state index contributed by atoms with van der Waals surface area (Å²) >= 11 is 1.21. The van der Waals surface area contributed by atoms with Gasteiger partial charge in [0.1, 0.15) is 17.5 Å². The Balaban J connectivity index is 2.31. The lowest BCUT2D eigenvalue weighted by atomic mass is 10.1. The number of nitriles is 1. The number of hydrogen-bond acceptors (Lipinski definition) is 6. The lowest BCUT2D eigenvalue weighted by Gasteiger charge is -2.13. The van der Waals surface area contributed by atoms with Crippen LogP contribution in [0.25, 0.3) is 0 Å². The average molecular weight is 321 g/mol. The van der Waals surface area contributed by atoms with Gasteiger partial charge in [-0.05, 0) is 13.3 Å². The average Bonchev–Trinajstić information content (AvgIpc) is 2.49. The highest BCUT2D eigenvalue weighted by atomic mass is 32.2. The maximum Gasteiger partial charge on any atom is 0.230 e. The largest absolute Gasteiger partial charge is 0.382 e. The highest BCUT2D eigenvalue weighted by Crippen LogP contribution is 2.15. The zero-order chi connectivity index (χ0) is 16.4. The van der Waals surface area contributed by atoms with E-state index < -0.39 is 0 Å². The third-order valence-corrected chi connectivity index (χ3v) is 4.01. The van der Waals surface area contributed by atoms with Crippen LogP contribution in [-0.4, -0.2) is 27.7 Å². The fourth-order valence-electron chi connectivity index (χ4n) is 1.93. The number of nitrogens with one attached hydrogen (secondary N) is 1. The molecule has 3 N–H and O–H groups in total. The molecule has 0 bridgehead atoms. The van der Waals surface area contributed by atoms with Crippen LogP contribution in [0.4, 0.5) is 5.82 Å². The minimum Gasteiger partial charge on any atom is -0.382 e. The Morgan fingerprint density at radius 2 is 2.27 bits per heavy atom. The normalized spacial score (nSPS) is 11.7. The number of nitrogens with zero attached hydrogens (tertiary/aromatic N) is 3. The van der Waals surface area contributed by atoms with Gasteiger partial charge in [-0.1, -0.05) is 44.4 Å². The van der Waals surface area contributed by atoms with Crippen molar-refractivity contribution in [1.29, 1.82) is 5.26 Å². The molecule has 0 aliphatic carbocycles. The maximum atomic E-state index is 11.9. The van der Waals surface area contributed by atoms with Crippen LogP contribution in [0.15, 0.2) is 11.4 Å². The van der Waals surface area contributed by atoms with E-state index in [9.17, 15) is 4.79 Å². The molecule has 1 rings (SSSR count). The molecule has 0 aliphatic rings. The molecule has 1 amide bonds. The van der Waals surface area contributed by atoms with Gasteiger partial charge in [0, 0.05) is 6.04 Å². The number of hydrogen-bond donors (Lipinski definition) is 2. The van der Waals surface area contributed by atoms with Gasteiger partial charge in [-0.2, -0.15) is 5.26 Å². The second-order valence-corrected chi connectivity index (χ2v) is 6.11. The fraction of sp³-hybridized carbons (Fsp3) is 0.600. The molecule has 0 unspecified atom stereocenters. The number of anilines is 1. The molecule has 0 aliphatic heterocycles. The Bertz CT molecular complexity index is 529. The first-order valence-electron chi connectivity index (χ1n) is 7.51. The van der Waals surface area contributed by atoms with Crippen molar-refractivity contribution in [2.45, 2.75) is 57.1 Å². The standard InChI is InChI=1S/C15H23N5OS/c1-3-4-5-6-7-11(2)19-13(21)10-22-15-18-9-12(8-16)14(17)20-15/h9,11H,3-7,10H2,1-2H3,(H,19,21)(H2,17,18,20)/t11-/m0/s1. The van der Waals surface area contributed by atoms with E-state index >= 15 is 0 Å². The Hall–Kier alpha value is -1.81. The third kappa shape index (κ3) is 6.76. The number of carbonyl (C=O) groups excluding carboxylic acids is 1. The van der Waals surface area contributed by atoms with Gasteiger partial charge in [0.2, 0.25) is 5.91 Å². The summed E-state index contributed by atoms with van der Waals surface area (Å²) < 4.78 is 0. The zero-order valence-electron chi connectivity index (χ0n) is 13.1. The monoisotopic (exact) mass is 321 g/mol. The van der Waals surface area contributed by atoms with Gasteiger partial charge in [0.05, 0.1) is 11.9 Å². The number of nitrogens with two attached hydrogens (primary N) is 1. The van der Waals surface area contributed by atoms with E-state index in [-0.39, 0.29) is 29.1 Å². The van der Waals surface area contributed by atoms with Crippen molar-refractivity contribution in [3.05, 3.63) is 11.8 Å². The van der Waals surface area contributed by atoms with E-state index in [1.54, 1.807) is 0 Å². The number of rotatable bonds is 9. The van der Waals surface area contributed by atoms with E-state index in [2.05, 4.69) is 22.2 Å². The maximum absolute atomic E-state index is 11.9. The molecule has 0 radical (unpaired) electrons. The van der Waals surface area contributed by atoms with Crippen LogP contribution in [0.1, 0.15) is 51.5 Å². The summed E-state index contributed by atoms with van der Waals surface area (Å²) in [6.45, 7) is 4.20. The molecule has 7 heteroatoms. The van der Waals surface area contributed by atoms with Gasteiger partial charge < -0.3 is 11.1 Å². The van der Waals surface area contributed by atoms with Crippen LogP contribution in [0, 0.1) is 11.3 Å². The van der Waals surface area contributed by atoms with E-state index in [1.165, 1.54) is 37.2 Å². The molecule has 1 aromatic rings. The van der Waals surface area contributed by atoms with Gasteiger partial charge in [0.25, 0.3) is 0 Å². The summed E-state index contributed by atoms with van der Waals surface area (Å²) in [4.78, 5) is 19.8. The Morgan fingerprint density at radius 3 is 2.91 bits per heavy atom. The molecule has 0 spiro atoms. The molecule has 0 fully saturated rings. The van der Waals surface area contributed by atoms with E-state index in [4.69, 9.17) is 11.0 Å². The summed E-state index contributed by atoms with van der Waals surface area (Å²) in [6, 6.07) is 2.08. The summed E-state index contributed by atoms with van der Waals surface area (Å²) in [7, 11) is 0. The van der Waals surface area contributed by atoms with Gasteiger partial charge in [-0.15, -0.1) is 0 Å². The summed E-state index contributed by atoms with van der Waals surface area (Å²) in [5.74, 6) is 0.342. The molecule has 22 heavy (non-hydrogen) atoms. The predicted octanol–water partition coefficient (Wildman–Crippen LogP) is 2.50. The lowest BCUT2D eigenvalue weighted by Crippen LogP contribution is -2.33. The van der Waals surface area contributed by atoms with Gasteiger partial charge in [-0.25, -0.2) is 9.97 Å². The van der Waals surface area contributed by atoms with E-state index in [1.807, 2.05) is 13.0 Å². The van der Waals surface area contributed by atoms with Crippen LogP contribution in [0.3, 0.4) is 0 Å². The van der Waals surface area contributed by atoms with Crippen LogP contribution in [0.5, 0.6) is 0 Å². The minimum absolute atomic E-state index is 0.0421. The molecule has 0 saturated carbocycles. The summed E-state index contributed by atoms with van der Waals surface area (Å²) in [5, 5.41) is 12.1. The lowest BCUT2D eigenvalue weighted by molar-refractivity contribution is -0.119. The van der Waals surface area contributed by atoms with Gasteiger partial charge >= 0.3 is 0 Å². The fourth-order valence-corrected chi connectivity index (χ4v) is 2.56. The smallest absolute Gasteiger partial charge is 0.230 e. The third-order valence-electron chi connectivity index (χ3n) is 3.15. The van der Waals surface area contributed by atoms with Crippen LogP contribution < -0.4 is 11.1 Å². The van der Waals surface area contributed by atoms with Crippen LogP contribution in [0.2, 0.25) is 0 Å². The Labute approximate surface area is 135 Å². The Morgan fingerprint density at radius 1 is 1.50 bits per heavy atom. The van der Waals surface area contributed by atoms with E-state index in [0.29, 0.717) is 5.16 Å². The van der Waals surface area contributed by atoms with Gasteiger partial charge in [0.15, 0.2) is 5.16 Å². The quantitative estimate of drug-likeness (QED) is 0.411. The molecule has 1 aromatic heterocycles. The highest BCUT2D eigenvalue weighted by Gasteiger charge is 2.10. The second-order valence-electron chi connectivity index (χ2n) is 5.17. The first-order valence-corrected chi connectivity index (χ1v) is 8.50. The van der Waals surface area contributed by atoms with Crippen LogP contribution in [-0.2, 0) is 4.79 Å². The molecule has 1 atom stereocenters. The highest BCUT2D eigenvalue weighted by molar-refractivity contribution is 7.99. The molecular weight excluding hydrogens is 298 g/mol. The summed E-state index contributed by atoms with van der Waals surface area (Å²) in [6.07, 6.45) is 7.18. The number of nitrogen functional groups attached to an aromatic ring is 1. The number of thioether (sulfide) groups is 1. The van der Waals surface area contributed by atoms with Gasteiger partial charge in [-0.3, -0.25) is 4.79 Å². The Kier molecular flexibility index (Phi) is 8.30. The molecule has 0 aromatic carbocycles. The summed E-state index contributed by atoms with van der Waals surface area (Å²) in [5.41, 5.74) is 5.86. The van der Waals surface area contributed by atoms with Crippen molar-refractivity contribution < 1.29 is 4.79 Å². The molecule has 6 nitrogen and oxygen atoms in total. The minimum atomic E-state index is -0.0421. The SMILES string of the molecule is CCCCCC[C@H](C)NC(=O)CSc1ncc(C#N)c(N)n1. The number of aromatic nitrogens is 2. The van der Waals surface area contributed by atoms with E-state index in [0.717, 1.165) is 12.8 Å². The predicted molar refractivity (Wildman–Crippen MR) is 88.2 cm³/mol. The molecule has 1 heterocycles. The molecule has 120 valence electrons. The number of carbonyl (C=O) groups is 1. The van der Waals surface area contributed by atoms with Crippen molar-refractivity contribution in [3.63, 3.8) is 0 Å². The van der Waals surface area contributed by atoms with Crippen molar-refractivity contribution in [2.24, 2.45) is 0 Å².